The van der Waals surface area contributed by atoms with Gasteiger partial charge in [-0.1, -0.05) is 18.7 Å². The Bertz CT molecular complexity index is 747. The van der Waals surface area contributed by atoms with Crippen LogP contribution in [0.5, 0.6) is 23.0 Å². The number of rotatable bonds is 6. The Balaban J connectivity index is 0.000000273. The van der Waals surface area contributed by atoms with Gasteiger partial charge in [-0.15, -0.1) is 0 Å². The van der Waals surface area contributed by atoms with Crippen LogP contribution in [0.25, 0.3) is 0 Å². The van der Waals surface area contributed by atoms with E-state index in [4.69, 9.17) is 21.1 Å². The van der Waals surface area contributed by atoms with Crippen molar-refractivity contribution in [1.29, 1.82) is 0 Å². The third-order valence-electron chi connectivity index (χ3n) is 3.41. The molecule has 7 N–H and O–H groups in total. The van der Waals surface area contributed by atoms with Gasteiger partial charge < -0.3 is 31.5 Å². The Morgan fingerprint density at radius 2 is 1.42 bits per heavy atom. The average molecular weight is 360 g/mol. The van der Waals surface area contributed by atoms with E-state index in [9.17, 15) is 9.90 Å². The molecule has 2 aromatic carbocycles. The van der Waals surface area contributed by atoms with E-state index < -0.39 is 0 Å². The predicted octanol–water partition coefficient (Wildman–Crippen LogP) is 1.54. The molecule has 1 amide bonds. The van der Waals surface area contributed by atoms with E-state index in [2.05, 4.69) is 11.9 Å². The highest BCUT2D eigenvalue weighted by atomic mass is 16.3. The first-order valence-corrected chi connectivity index (χ1v) is 7.99. The number of benzene rings is 2. The third kappa shape index (κ3) is 7.14. The molecule has 0 atom stereocenters. The Labute approximate surface area is 152 Å². The molecule has 0 spiro atoms. The first-order chi connectivity index (χ1) is 12.4. The van der Waals surface area contributed by atoms with Crippen molar-refractivity contribution in [2.45, 2.75) is 12.8 Å². The van der Waals surface area contributed by atoms with Gasteiger partial charge in [-0.25, -0.2) is 0 Å². The van der Waals surface area contributed by atoms with E-state index in [1.165, 1.54) is 30.3 Å². The smallest absolute Gasteiger partial charge is 0.243 e. The van der Waals surface area contributed by atoms with E-state index in [0.29, 0.717) is 25.9 Å². The second-order valence-electron chi connectivity index (χ2n) is 5.43. The number of hydrogen-bond donors (Lipinski definition) is 6. The maximum atomic E-state index is 10.8. The normalized spacial score (nSPS) is 9.73. The van der Waals surface area contributed by atoms with Crippen LogP contribution in [0.1, 0.15) is 11.1 Å². The van der Waals surface area contributed by atoms with Crippen LogP contribution in [0.3, 0.4) is 0 Å². The van der Waals surface area contributed by atoms with Gasteiger partial charge in [-0.3, -0.25) is 4.79 Å². The van der Waals surface area contributed by atoms with Crippen LogP contribution in [0, 0.1) is 0 Å². The molecule has 0 saturated heterocycles. The molecule has 0 aliphatic heterocycles. The molecular formula is C19H24N2O5. The summed E-state index contributed by atoms with van der Waals surface area (Å²) in [6, 6.07) is 9.29. The highest BCUT2D eigenvalue weighted by molar-refractivity contribution is 5.86. The van der Waals surface area contributed by atoms with Crippen LogP contribution in [-0.4, -0.2) is 39.4 Å². The minimum absolute atomic E-state index is 0.0871. The molecular weight excluding hydrogens is 336 g/mol. The summed E-state index contributed by atoms with van der Waals surface area (Å²) >= 11 is 0. The molecule has 2 rings (SSSR count). The van der Waals surface area contributed by atoms with Gasteiger partial charge in [0.25, 0.3) is 0 Å². The lowest BCUT2D eigenvalue weighted by Crippen LogP contribution is -2.23. The molecule has 0 aliphatic carbocycles. The maximum Gasteiger partial charge on any atom is 0.243 e. The number of carbonyl (C=O) groups is 1. The number of nitrogens with two attached hydrogens (primary N) is 1. The molecule has 0 bridgehead atoms. The summed E-state index contributed by atoms with van der Waals surface area (Å²) in [4.78, 5) is 10.8. The quantitative estimate of drug-likeness (QED) is 0.342. The van der Waals surface area contributed by atoms with Crippen LogP contribution < -0.4 is 11.1 Å². The van der Waals surface area contributed by atoms with Crippen LogP contribution in [0.15, 0.2) is 49.1 Å². The molecule has 140 valence electrons. The van der Waals surface area contributed by atoms with E-state index in [-0.39, 0.29) is 28.9 Å². The molecule has 0 unspecified atom stereocenters. The minimum Gasteiger partial charge on any atom is -0.504 e. The van der Waals surface area contributed by atoms with Crippen LogP contribution in [-0.2, 0) is 17.6 Å². The second kappa shape index (κ2) is 10.6. The molecule has 0 radical (unpaired) electrons. The van der Waals surface area contributed by atoms with Crippen molar-refractivity contribution < 1.29 is 25.2 Å². The fourth-order valence-electron chi connectivity index (χ4n) is 2.02. The summed E-state index contributed by atoms with van der Waals surface area (Å²) < 4.78 is 0. The van der Waals surface area contributed by atoms with E-state index >= 15 is 0 Å². The zero-order valence-electron chi connectivity index (χ0n) is 14.4. The monoisotopic (exact) mass is 360 g/mol. The van der Waals surface area contributed by atoms with Crippen molar-refractivity contribution in [1.82, 2.24) is 5.32 Å². The Kier molecular flexibility index (Phi) is 8.52. The first kappa shape index (κ1) is 20.9. The fraction of sp³-hybridized carbons (Fsp3) is 0.211. The molecule has 0 fully saturated rings. The molecule has 7 heteroatoms. The SMILES string of the molecule is C=CC(=O)NCCc1ccc(O)c(O)c1.NCCc1ccc(O)c(O)c1. The van der Waals surface area contributed by atoms with Gasteiger partial charge in [0.2, 0.25) is 5.91 Å². The van der Waals surface area contributed by atoms with Crippen LogP contribution in [0.4, 0.5) is 0 Å². The first-order valence-electron chi connectivity index (χ1n) is 7.99. The van der Waals surface area contributed by atoms with Crippen molar-refractivity contribution in [2.24, 2.45) is 5.73 Å². The largest absolute Gasteiger partial charge is 0.504 e. The van der Waals surface area contributed by atoms with Gasteiger partial charge >= 0.3 is 0 Å². The summed E-state index contributed by atoms with van der Waals surface area (Å²) in [5.41, 5.74) is 7.08. The molecule has 0 heterocycles. The highest BCUT2D eigenvalue weighted by Crippen LogP contribution is 2.25. The number of nitrogens with one attached hydrogen (secondary N) is 1. The Hall–Kier alpha value is -3.19. The van der Waals surface area contributed by atoms with E-state index in [1.54, 1.807) is 12.1 Å². The molecule has 0 aromatic heterocycles. The third-order valence-corrected chi connectivity index (χ3v) is 3.41. The van der Waals surface area contributed by atoms with Crippen molar-refractivity contribution >= 4 is 5.91 Å². The highest BCUT2D eigenvalue weighted by Gasteiger charge is 2.01. The maximum absolute atomic E-state index is 10.8. The summed E-state index contributed by atoms with van der Waals surface area (Å²) in [5, 5.41) is 38.8. The summed E-state index contributed by atoms with van der Waals surface area (Å²) in [7, 11) is 0. The number of aromatic hydroxyl groups is 4. The van der Waals surface area contributed by atoms with Crippen molar-refractivity contribution in [3.63, 3.8) is 0 Å². The van der Waals surface area contributed by atoms with Gasteiger partial charge in [0.15, 0.2) is 23.0 Å². The van der Waals surface area contributed by atoms with Gasteiger partial charge in [-0.05, 0) is 60.9 Å². The summed E-state index contributed by atoms with van der Waals surface area (Å²) in [5.74, 6) is -0.698. The number of phenols is 4. The van der Waals surface area contributed by atoms with Crippen molar-refractivity contribution in [3.05, 3.63) is 60.2 Å². The summed E-state index contributed by atoms with van der Waals surface area (Å²) in [6.45, 7) is 4.34. The number of amides is 1. The molecule has 7 nitrogen and oxygen atoms in total. The molecule has 0 aliphatic rings. The van der Waals surface area contributed by atoms with Crippen LogP contribution in [0.2, 0.25) is 0 Å². The summed E-state index contributed by atoms with van der Waals surface area (Å²) in [6.07, 6.45) is 2.51. The Morgan fingerprint density at radius 3 is 1.85 bits per heavy atom. The predicted molar refractivity (Wildman–Crippen MR) is 99.2 cm³/mol. The number of hydrogen-bond acceptors (Lipinski definition) is 6. The molecule has 26 heavy (non-hydrogen) atoms. The van der Waals surface area contributed by atoms with E-state index in [0.717, 1.165) is 11.1 Å². The lowest BCUT2D eigenvalue weighted by Gasteiger charge is -2.04. The topological polar surface area (TPSA) is 136 Å². The van der Waals surface area contributed by atoms with E-state index in [1.807, 2.05) is 0 Å². The lowest BCUT2D eigenvalue weighted by molar-refractivity contribution is -0.116. The zero-order chi connectivity index (χ0) is 19.5. The second-order valence-corrected chi connectivity index (χ2v) is 5.43. The zero-order valence-corrected chi connectivity index (χ0v) is 14.4. The average Bonchev–Trinajstić information content (AvgIpc) is 2.62. The van der Waals surface area contributed by atoms with Gasteiger partial charge in [0.05, 0.1) is 0 Å². The van der Waals surface area contributed by atoms with Crippen molar-refractivity contribution in [2.75, 3.05) is 13.1 Å². The van der Waals surface area contributed by atoms with Gasteiger partial charge in [0.1, 0.15) is 0 Å². The molecule has 2 aromatic rings. The van der Waals surface area contributed by atoms with Crippen molar-refractivity contribution in [3.8, 4) is 23.0 Å². The van der Waals surface area contributed by atoms with Crippen LogP contribution >= 0.6 is 0 Å². The minimum atomic E-state index is -0.224. The molecule has 0 saturated carbocycles. The number of carbonyl (C=O) groups excluding carboxylic acids is 1. The lowest BCUT2D eigenvalue weighted by atomic mass is 10.1. The van der Waals surface area contributed by atoms with Gasteiger partial charge in [0, 0.05) is 6.54 Å². The van der Waals surface area contributed by atoms with Gasteiger partial charge in [-0.2, -0.15) is 0 Å². The fourth-order valence-corrected chi connectivity index (χ4v) is 2.02. The Morgan fingerprint density at radius 1 is 0.923 bits per heavy atom. The standard InChI is InChI=1S/C11H13NO3.C8H11NO2/c1-2-11(15)12-6-5-8-3-4-9(13)10(14)7-8;9-4-3-6-1-2-7(10)8(11)5-6/h2-4,7,13-14H,1,5-6H2,(H,12,15);1-2,5,10-11H,3-4,9H2. The number of phenolic OH excluding ortho intramolecular Hbond substituents is 4.